The van der Waals surface area contributed by atoms with Crippen molar-refractivity contribution in [3.05, 3.63) is 30.3 Å². The Morgan fingerprint density at radius 2 is 2.14 bits per heavy atom. The Labute approximate surface area is 89.3 Å². The molecule has 0 aliphatic heterocycles. The van der Waals surface area contributed by atoms with Gasteiger partial charge in [-0.05, 0) is 19.1 Å². The van der Waals surface area contributed by atoms with E-state index in [1.54, 1.807) is 11.8 Å². The first kappa shape index (κ1) is 11.1. The predicted molar refractivity (Wildman–Crippen MR) is 60.2 cm³/mol. The number of nitrogens with one attached hydrogen (secondary N) is 1. The molecule has 1 atom stereocenters. The first-order valence-corrected chi connectivity index (χ1v) is 5.62. The molecule has 2 nitrogen and oxygen atoms in total. The summed E-state index contributed by atoms with van der Waals surface area (Å²) < 4.78 is 0. The maximum atomic E-state index is 8.53. The average Bonchev–Trinajstić information content (AvgIpc) is 2.25. The number of rotatable bonds is 5. The molecule has 0 radical (unpaired) electrons. The molecule has 1 N–H and O–H groups in total. The summed E-state index contributed by atoms with van der Waals surface area (Å²) in [5.41, 5.74) is 0. The molecule has 1 aromatic carbocycles. The second-order valence-corrected chi connectivity index (χ2v) is 4.13. The lowest BCUT2D eigenvalue weighted by molar-refractivity contribution is 0.674. The molecule has 0 saturated heterocycles. The van der Waals surface area contributed by atoms with Crippen molar-refractivity contribution < 1.29 is 0 Å². The van der Waals surface area contributed by atoms with Gasteiger partial charge in [0.15, 0.2) is 0 Å². The van der Waals surface area contributed by atoms with E-state index in [1.807, 2.05) is 25.1 Å². The molecule has 14 heavy (non-hydrogen) atoms. The van der Waals surface area contributed by atoms with E-state index in [4.69, 9.17) is 5.26 Å². The van der Waals surface area contributed by atoms with E-state index in [9.17, 15) is 0 Å². The minimum atomic E-state index is -0.0497. The molecule has 74 valence electrons. The molecule has 0 heterocycles. The summed E-state index contributed by atoms with van der Waals surface area (Å²) in [6, 6.07) is 12.4. The van der Waals surface area contributed by atoms with Crippen LogP contribution in [0.4, 0.5) is 0 Å². The van der Waals surface area contributed by atoms with Gasteiger partial charge in [-0.3, -0.25) is 0 Å². The van der Waals surface area contributed by atoms with E-state index in [2.05, 4.69) is 23.5 Å². The van der Waals surface area contributed by atoms with Gasteiger partial charge in [-0.1, -0.05) is 18.2 Å². The normalized spacial score (nSPS) is 12.0. The summed E-state index contributed by atoms with van der Waals surface area (Å²) in [5.74, 6) is 0.996. The lowest BCUT2D eigenvalue weighted by Gasteiger charge is -2.05. The average molecular weight is 206 g/mol. The smallest absolute Gasteiger partial charge is 0.0924 e. The Kier molecular flexibility index (Phi) is 5.13. The number of nitrogens with zero attached hydrogens (tertiary/aromatic N) is 1. The van der Waals surface area contributed by atoms with Crippen LogP contribution in [0.3, 0.4) is 0 Å². The Hall–Kier alpha value is -0.980. The van der Waals surface area contributed by atoms with E-state index in [-0.39, 0.29) is 6.04 Å². The highest BCUT2D eigenvalue weighted by Gasteiger charge is 1.96. The second-order valence-electron chi connectivity index (χ2n) is 2.97. The van der Waals surface area contributed by atoms with Crippen LogP contribution in [0, 0.1) is 11.3 Å². The first-order valence-electron chi connectivity index (χ1n) is 4.64. The third kappa shape index (κ3) is 4.31. The molecule has 1 aromatic rings. The molecule has 1 rings (SSSR count). The van der Waals surface area contributed by atoms with Gasteiger partial charge in [0.1, 0.15) is 0 Å². The van der Waals surface area contributed by atoms with Gasteiger partial charge >= 0.3 is 0 Å². The molecule has 0 amide bonds. The molecule has 0 fully saturated rings. The Morgan fingerprint density at radius 3 is 2.79 bits per heavy atom. The Bertz CT molecular complexity index is 292. The van der Waals surface area contributed by atoms with Crippen molar-refractivity contribution in [2.75, 3.05) is 12.3 Å². The van der Waals surface area contributed by atoms with E-state index < -0.39 is 0 Å². The fraction of sp³-hybridized carbons (Fsp3) is 0.364. The molecule has 1 unspecified atom stereocenters. The van der Waals surface area contributed by atoms with Gasteiger partial charge in [0.05, 0.1) is 12.1 Å². The van der Waals surface area contributed by atoms with Gasteiger partial charge in [-0.25, -0.2) is 0 Å². The summed E-state index contributed by atoms with van der Waals surface area (Å²) in [6.45, 7) is 2.74. The van der Waals surface area contributed by atoms with Gasteiger partial charge in [-0.15, -0.1) is 11.8 Å². The molecule has 3 heteroatoms. The summed E-state index contributed by atoms with van der Waals surface area (Å²) in [6.07, 6.45) is 0. The van der Waals surface area contributed by atoms with Crippen molar-refractivity contribution in [2.24, 2.45) is 0 Å². The number of thioether (sulfide) groups is 1. The van der Waals surface area contributed by atoms with Gasteiger partial charge in [0.2, 0.25) is 0 Å². The highest BCUT2D eigenvalue weighted by atomic mass is 32.2. The van der Waals surface area contributed by atoms with Crippen LogP contribution < -0.4 is 5.32 Å². The summed E-state index contributed by atoms with van der Waals surface area (Å²) in [4.78, 5) is 1.28. The zero-order chi connectivity index (χ0) is 10.2. The van der Waals surface area contributed by atoms with Crippen LogP contribution in [0.2, 0.25) is 0 Å². The highest BCUT2D eigenvalue weighted by Crippen LogP contribution is 2.15. The van der Waals surface area contributed by atoms with Crippen LogP contribution >= 0.6 is 11.8 Å². The number of hydrogen-bond acceptors (Lipinski definition) is 3. The maximum absolute atomic E-state index is 8.53. The molecular formula is C11H14N2S. The molecule has 0 aromatic heterocycles. The zero-order valence-corrected chi connectivity index (χ0v) is 9.05. The van der Waals surface area contributed by atoms with E-state index in [0.29, 0.717) is 0 Å². The third-order valence-corrected chi connectivity index (χ3v) is 2.77. The van der Waals surface area contributed by atoms with Gasteiger partial charge in [-0.2, -0.15) is 5.26 Å². The first-order chi connectivity index (χ1) is 6.83. The van der Waals surface area contributed by atoms with Crippen LogP contribution in [0.15, 0.2) is 35.2 Å². The minimum Gasteiger partial charge on any atom is -0.301 e. The maximum Gasteiger partial charge on any atom is 0.0924 e. The molecule has 0 spiro atoms. The summed E-state index contributed by atoms with van der Waals surface area (Å²) >= 11 is 1.80. The lowest BCUT2D eigenvalue weighted by Crippen LogP contribution is -2.26. The Morgan fingerprint density at radius 1 is 1.43 bits per heavy atom. The standard InChI is InChI=1S/C11H14N2S/c1-10(9-12)13-7-8-14-11-5-3-2-4-6-11/h2-6,10,13H,7-8H2,1H3. The molecular weight excluding hydrogens is 192 g/mol. The summed E-state index contributed by atoms with van der Waals surface area (Å²) in [7, 11) is 0. The van der Waals surface area contributed by atoms with Crippen molar-refractivity contribution in [3.63, 3.8) is 0 Å². The van der Waals surface area contributed by atoms with Gasteiger partial charge < -0.3 is 5.32 Å². The van der Waals surface area contributed by atoms with E-state index >= 15 is 0 Å². The fourth-order valence-corrected chi connectivity index (χ4v) is 1.81. The van der Waals surface area contributed by atoms with Crippen LogP contribution in [-0.4, -0.2) is 18.3 Å². The van der Waals surface area contributed by atoms with Crippen molar-refractivity contribution in [3.8, 4) is 6.07 Å². The van der Waals surface area contributed by atoms with Crippen LogP contribution in [0.5, 0.6) is 0 Å². The highest BCUT2D eigenvalue weighted by molar-refractivity contribution is 7.99. The minimum absolute atomic E-state index is 0.0497. The quantitative estimate of drug-likeness (QED) is 0.593. The third-order valence-electron chi connectivity index (χ3n) is 1.76. The summed E-state index contributed by atoms with van der Waals surface area (Å²) in [5, 5.41) is 11.7. The largest absolute Gasteiger partial charge is 0.301 e. The van der Waals surface area contributed by atoms with E-state index in [1.165, 1.54) is 4.90 Å². The van der Waals surface area contributed by atoms with Crippen molar-refractivity contribution in [1.82, 2.24) is 5.32 Å². The SMILES string of the molecule is CC(C#N)NCCSc1ccccc1. The molecule has 0 saturated carbocycles. The number of nitriles is 1. The van der Waals surface area contributed by atoms with E-state index in [0.717, 1.165) is 12.3 Å². The number of hydrogen-bond donors (Lipinski definition) is 1. The molecule has 0 aliphatic carbocycles. The van der Waals surface area contributed by atoms with Crippen LogP contribution in [0.1, 0.15) is 6.92 Å². The fourth-order valence-electron chi connectivity index (χ4n) is 1.01. The topological polar surface area (TPSA) is 35.8 Å². The molecule has 0 aliphatic rings. The second kappa shape index (κ2) is 6.47. The monoisotopic (exact) mass is 206 g/mol. The van der Waals surface area contributed by atoms with Crippen molar-refractivity contribution in [1.29, 1.82) is 5.26 Å². The molecule has 0 bridgehead atoms. The number of benzene rings is 1. The van der Waals surface area contributed by atoms with Crippen LogP contribution in [0.25, 0.3) is 0 Å². The lowest BCUT2D eigenvalue weighted by atomic mass is 10.4. The van der Waals surface area contributed by atoms with Gasteiger partial charge in [0, 0.05) is 17.2 Å². The van der Waals surface area contributed by atoms with Crippen molar-refractivity contribution in [2.45, 2.75) is 17.9 Å². The van der Waals surface area contributed by atoms with Crippen LogP contribution in [-0.2, 0) is 0 Å². The Balaban J connectivity index is 2.14. The van der Waals surface area contributed by atoms with Gasteiger partial charge in [0.25, 0.3) is 0 Å². The predicted octanol–water partition coefficient (Wildman–Crippen LogP) is 2.28. The van der Waals surface area contributed by atoms with Crippen molar-refractivity contribution >= 4 is 11.8 Å². The zero-order valence-electron chi connectivity index (χ0n) is 8.23.